The van der Waals surface area contributed by atoms with E-state index in [4.69, 9.17) is 10.1 Å². The Morgan fingerprint density at radius 1 is 1.15 bits per heavy atom. The van der Waals surface area contributed by atoms with Crippen molar-refractivity contribution in [2.75, 3.05) is 0 Å². The Labute approximate surface area is 160 Å². The van der Waals surface area contributed by atoms with Gasteiger partial charge < -0.3 is 10.4 Å². The molecule has 3 atom stereocenters. The topological polar surface area (TPSA) is 79.3 Å². The van der Waals surface area contributed by atoms with Crippen molar-refractivity contribution in [2.45, 2.75) is 44.6 Å². The first kappa shape index (κ1) is 18.1. The van der Waals surface area contributed by atoms with Gasteiger partial charge in [-0.2, -0.15) is 0 Å². The van der Waals surface area contributed by atoms with E-state index in [9.17, 15) is 14.0 Å². The van der Waals surface area contributed by atoms with E-state index in [1.807, 2.05) is 0 Å². The zero-order valence-corrected chi connectivity index (χ0v) is 15.6. The summed E-state index contributed by atoms with van der Waals surface area (Å²) in [6.45, 7) is 0. The number of aryl methyl sites for hydroxylation is 1. The molecule has 5 nitrogen and oxygen atoms in total. The minimum atomic E-state index is -0.809. The average Bonchev–Trinajstić information content (AvgIpc) is 3.30. The maximum atomic E-state index is 13.2. The molecule has 2 N–H and O–H groups in total. The molecule has 1 heterocycles. The van der Waals surface area contributed by atoms with Crippen LogP contribution in [0.4, 0.5) is 4.39 Å². The number of thiazole rings is 1. The van der Waals surface area contributed by atoms with Crippen molar-refractivity contribution in [3.05, 3.63) is 40.7 Å². The first-order chi connectivity index (χ1) is 13.0. The third kappa shape index (κ3) is 3.74. The summed E-state index contributed by atoms with van der Waals surface area (Å²) < 4.78 is 13.2. The second kappa shape index (κ2) is 7.38. The molecule has 0 aliphatic heterocycles. The van der Waals surface area contributed by atoms with Crippen LogP contribution in [0.15, 0.2) is 24.3 Å². The summed E-state index contributed by atoms with van der Waals surface area (Å²) in [5.41, 5.74) is 1.88. The summed E-state index contributed by atoms with van der Waals surface area (Å²) in [5, 5.41) is 13.1. The highest BCUT2D eigenvalue weighted by atomic mass is 32.1. The number of aliphatic carboxylic acids is 1. The van der Waals surface area contributed by atoms with E-state index in [1.54, 1.807) is 23.5 Å². The molecule has 2 aromatic rings. The van der Waals surface area contributed by atoms with E-state index in [-0.39, 0.29) is 23.7 Å². The van der Waals surface area contributed by atoms with Crippen LogP contribution in [0.2, 0.25) is 0 Å². The number of hydrogen-bond acceptors (Lipinski definition) is 4. The number of halogens is 1. The van der Waals surface area contributed by atoms with Gasteiger partial charge in [-0.1, -0.05) is 0 Å². The van der Waals surface area contributed by atoms with Crippen molar-refractivity contribution in [1.29, 1.82) is 0 Å². The lowest BCUT2D eigenvalue weighted by Gasteiger charge is -2.24. The number of fused-ring (bicyclic) bond motifs is 1. The predicted octanol–water partition coefficient (Wildman–Crippen LogP) is 3.94. The maximum Gasteiger partial charge on any atom is 0.306 e. The van der Waals surface area contributed by atoms with Gasteiger partial charge in [0.25, 0.3) is 0 Å². The third-order valence-corrected chi connectivity index (χ3v) is 6.77. The molecule has 2 aliphatic carbocycles. The van der Waals surface area contributed by atoms with Crippen molar-refractivity contribution >= 4 is 23.2 Å². The Morgan fingerprint density at radius 3 is 2.59 bits per heavy atom. The first-order valence-electron chi connectivity index (χ1n) is 9.30. The van der Waals surface area contributed by atoms with Gasteiger partial charge in [0.1, 0.15) is 10.8 Å². The van der Waals surface area contributed by atoms with Crippen molar-refractivity contribution in [2.24, 2.45) is 11.8 Å². The fourth-order valence-electron chi connectivity index (χ4n) is 4.01. The molecule has 2 aliphatic rings. The number of nitrogens with one attached hydrogen (secondary N) is 1. The summed E-state index contributed by atoms with van der Waals surface area (Å²) in [4.78, 5) is 29.5. The molecular formula is C20H21FN2O3S. The Balaban J connectivity index is 1.49. The lowest BCUT2D eigenvalue weighted by molar-refractivity contribution is -0.141. The van der Waals surface area contributed by atoms with Gasteiger partial charge in [-0.05, 0) is 62.8 Å². The highest BCUT2D eigenvalue weighted by Gasteiger charge is 2.35. The summed E-state index contributed by atoms with van der Waals surface area (Å²) in [6, 6.07) is 6.22. The van der Waals surface area contributed by atoms with Gasteiger partial charge >= 0.3 is 5.97 Å². The van der Waals surface area contributed by atoms with E-state index in [0.29, 0.717) is 19.3 Å². The summed E-state index contributed by atoms with van der Waals surface area (Å²) in [7, 11) is 0. The summed E-state index contributed by atoms with van der Waals surface area (Å²) in [5.74, 6) is -1.76. The average molecular weight is 388 g/mol. The number of amides is 1. The van der Waals surface area contributed by atoms with E-state index in [2.05, 4.69) is 5.32 Å². The summed E-state index contributed by atoms with van der Waals surface area (Å²) >= 11 is 1.55. The van der Waals surface area contributed by atoms with Crippen LogP contribution in [-0.4, -0.2) is 22.0 Å². The molecular weight excluding hydrogens is 367 g/mol. The molecule has 1 amide bonds. The zero-order chi connectivity index (χ0) is 19.0. The SMILES string of the molecule is O=C(O)[C@@H]1CC[C@H](C(=O)NC2CCCc3nc(-c4ccc(F)cc4)sc32)C1. The van der Waals surface area contributed by atoms with Crippen LogP contribution in [0, 0.1) is 17.7 Å². The molecule has 0 saturated heterocycles. The van der Waals surface area contributed by atoms with E-state index in [1.165, 1.54) is 12.1 Å². The molecule has 1 saturated carbocycles. The smallest absolute Gasteiger partial charge is 0.306 e. The Morgan fingerprint density at radius 2 is 1.89 bits per heavy atom. The molecule has 0 bridgehead atoms. The predicted molar refractivity (Wildman–Crippen MR) is 99.8 cm³/mol. The van der Waals surface area contributed by atoms with Crippen LogP contribution in [0.3, 0.4) is 0 Å². The van der Waals surface area contributed by atoms with Crippen molar-refractivity contribution in [3.8, 4) is 10.6 Å². The number of rotatable bonds is 4. The number of carboxylic acid groups (broad SMARTS) is 1. The fraction of sp³-hybridized carbons (Fsp3) is 0.450. The van der Waals surface area contributed by atoms with Crippen molar-refractivity contribution < 1.29 is 19.1 Å². The lowest BCUT2D eigenvalue weighted by Crippen LogP contribution is -2.34. The van der Waals surface area contributed by atoms with E-state index in [0.717, 1.165) is 40.4 Å². The summed E-state index contributed by atoms with van der Waals surface area (Å²) in [6.07, 6.45) is 4.31. The third-order valence-electron chi connectivity index (χ3n) is 5.51. The number of nitrogens with zero attached hydrogens (tertiary/aromatic N) is 1. The minimum Gasteiger partial charge on any atom is -0.481 e. The molecule has 27 heavy (non-hydrogen) atoms. The quantitative estimate of drug-likeness (QED) is 0.831. The Hall–Kier alpha value is -2.28. The van der Waals surface area contributed by atoms with E-state index < -0.39 is 11.9 Å². The second-order valence-electron chi connectivity index (χ2n) is 7.34. The number of hydrogen-bond donors (Lipinski definition) is 2. The monoisotopic (exact) mass is 388 g/mol. The van der Waals surface area contributed by atoms with Gasteiger partial charge in [0.2, 0.25) is 5.91 Å². The Bertz CT molecular complexity index is 865. The normalized spacial score (nSPS) is 24.4. The second-order valence-corrected chi connectivity index (χ2v) is 8.37. The molecule has 1 aromatic heterocycles. The van der Waals surface area contributed by atoms with Crippen LogP contribution in [0.1, 0.15) is 48.7 Å². The van der Waals surface area contributed by atoms with Crippen molar-refractivity contribution in [3.63, 3.8) is 0 Å². The maximum absolute atomic E-state index is 13.2. The molecule has 4 rings (SSSR count). The number of carbonyl (C=O) groups excluding carboxylic acids is 1. The zero-order valence-electron chi connectivity index (χ0n) is 14.8. The molecule has 1 aromatic carbocycles. The standard InChI is InChI=1S/C20H21FN2O3S/c21-14-8-6-11(7-9-14)19-23-16-3-1-2-15(17(16)27-19)22-18(24)12-4-5-13(10-12)20(25)26/h6-9,12-13,15H,1-5,10H2,(H,22,24)(H,25,26)/t12-,13+,15?/m0/s1. The fourth-order valence-corrected chi connectivity index (χ4v) is 5.21. The van der Waals surface area contributed by atoms with Gasteiger partial charge in [0.05, 0.1) is 22.5 Å². The number of benzene rings is 1. The molecule has 7 heteroatoms. The lowest BCUT2D eigenvalue weighted by atomic mass is 9.96. The highest BCUT2D eigenvalue weighted by Crippen LogP contribution is 2.39. The minimum absolute atomic E-state index is 0.0478. The van der Waals surface area contributed by atoms with Crippen LogP contribution in [0.5, 0.6) is 0 Å². The number of carbonyl (C=O) groups is 2. The van der Waals surface area contributed by atoms with Crippen LogP contribution >= 0.6 is 11.3 Å². The molecule has 0 spiro atoms. The highest BCUT2D eigenvalue weighted by molar-refractivity contribution is 7.15. The van der Waals surface area contributed by atoms with Crippen LogP contribution in [0.25, 0.3) is 10.6 Å². The van der Waals surface area contributed by atoms with Gasteiger partial charge in [0, 0.05) is 11.5 Å². The van der Waals surface area contributed by atoms with Crippen LogP contribution in [-0.2, 0) is 16.0 Å². The van der Waals surface area contributed by atoms with Crippen molar-refractivity contribution in [1.82, 2.24) is 10.3 Å². The van der Waals surface area contributed by atoms with Gasteiger partial charge in [-0.15, -0.1) is 11.3 Å². The molecule has 1 unspecified atom stereocenters. The Kier molecular flexibility index (Phi) is 4.95. The van der Waals surface area contributed by atoms with Crippen LogP contribution < -0.4 is 5.32 Å². The van der Waals surface area contributed by atoms with E-state index >= 15 is 0 Å². The van der Waals surface area contributed by atoms with Gasteiger partial charge in [-0.3, -0.25) is 9.59 Å². The molecule has 1 fully saturated rings. The molecule has 142 valence electrons. The van der Waals surface area contributed by atoms with Gasteiger partial charge in [0.15, 0.2) is 0 Å². The molecule has 0 radical (unpaired) electrons. The number of carboxylic acids is 1. The largest absolute Gasteiger partial charge is 0.481 e. The number of aromatic nitrogens is 1. The first-order valence-corrected chi connectivity index (χ1v) is 10.1. The van der Waals surface area contributed by atoms with Gasteiger partial charge in [-0.25, -0.2) is 9.37 Å².